The minimum atomic E-state index is -3.49. The second-order valence-electron chi connectivity index (χ2n) is 1.91. The zero-order valence-corrected chi connectivity index (χ0v) is 6.88. The van der Waals surface area contributed by atoms with Gasteiger partial charge in [0, 0.05) is 14.1 Å². The highest BCUT2D eigenvalue weighted by atomic mass is 32.2. The van der Waals surface area contributed by atoms with E-state index >= 15 is 0 Å². The quantitative estimate of drug-likeness (QED) is 0.251. The summed E-state index contributed by atoms with van der Waals surface area (Å²) in [5.74, 6) is 0. The van der Waals surface area contributed by atoms with Gasteiger partial charge in [-0.05, 0) is 6.92 Å². The summed E-state index contributed by atoms with van der Waals surface area (Å²) in [4.78, 5) is 0. The molecule has 0 aliphatic rings. The third kappa shape index (κ3) is 1.68. The number of hydrogen-bond donors (Lipinski definition) is 1. The fourth-order valence-electron chi connectivity index (χ4n) is 0.316. The summed E-state index contributed by atoms with van der Waals surface area (Å²) >= 11 is 0. The van der Waals surface area contributed by atoms with Crippen molar-refractivity contribution in [3.05, 3.63) is 0 Å². The molecular formula is C4H10N2O3S. The third-order valence-corrected chi connectivity index (χ3v) is 2.78. The molecular weight excluding hydrogens is 156 g/mol. The minimum Gasteiger partial charge on any atom is -0.410 e. The molecule has 0 saturated carbocycles. The number of nitrogens with zero attached hydrogens (tertiary/aromatic N) is 2. The lowest BCUT2D eigenvalue weighted by Crippen LogP contribution is -2.28. The van der Waals surface area contributed by atoms with E-state index in [1.807, 2.05) is 0 Å². The van der Waals surface area contributed by atoms with Crippen LogP contribution >= 0.6 is 0 Å². The van der Waals surface area contributed by atoms with Crippen LogP contribution < -0.4 is 0 Å². The Morgan fingerprint density at radius 1 is 1.50 bits per heavy atom. The molecule has 0 bridgehead atoms. The maximum absolute atomic E-state index is 10.9. The molecule has 0 fully saturated rings. The zero-order valence-electron chi connectivity index (χ0n) is 6.07. The van der Waals surface area contributed by atoms with Crippen LogP contribution in [0.1, 0.15) is 6.92 Å². The lowest BCUT2D eigenvalue weighted by Gasteiger charge is -2.08. The van der Waals surface area contributed by atoms with Gasteiger partial charge in [0.05, 0.1) is 0 Å². The van der Waals surface area contributed by atoms with E-state index in [0.29, 0.717) is 0 Å². The molecule has 60 valence electrons. The number of sulfonamides is 1. The molecule has 0 amide bonds. The second-order valence-corrected chi connectivity index (χ2v) is 4.18. The molecule has 0 aromatic carbocycles. The van der Waals surface area contributed by atoms with Crippen LogP contribution in [0.5, 0.6) is 0 Å². The molecule has 0 saturated heterocycles. The zero-order chi connectivity index (χ0) is 8.36. The fraction of sp³-hybridized carbons (Fsp3) is 0.750. The molecule has 0 radical (unpaired) electrons. The Morgan fingerprint density at radius 2 is 1.90 bits per heavy atom. The first kappa shape index (κ1) is 9.38. The first-order valence-corrected chi connectivity index (χ1v) is 3.98. The average molecular weight is 166 g/mol. The maximum Gasteiger partial charge on any atom is 0.259 e. The maximum atomic E-state index is 10.9. The molecule has 0 aliphatic carbocycles. The molecule has 0 rings (SSSR count). The van der Waals surface area contributed by atoms with E-state index in [-0.39, 0.29) is 5.04 Å². The van der Waals surface area contributed by atoms with Crippen molar-refractivity contribution in [2.45, 2.75) is 6.92 Å². The van der Waals surface area contributed by atoms with Gasteiger partial charge in [-0.25, -0.2) is 12.7 Å². The van der Waals surface area contributed by atoms with Crippen molar-refractivity contribution in [2.75, 3.05) is 14.1 Å². The van der Waals surface area contributed by atoms with E-state index in [1.165, 1.54) is 21.0 Å². The van der Waals surface area contributed by atoms with Crippen molar-refractivity contribution >= 4 is 15.1 Å². The molecule has 0 heterocycles. The molecule has 0 aromatic heterocycles. The highest BCUT2D eigenvalue weighted by molar-refractivity contribution is 8.04. The molecule has 1 N–H and O–H groups in total. The van der Waals surface area contributed by atoms with Crippen molar-refractivity contribution in [1.82, 2.24) is 4.31 Å². The summed E-state index contributed by atoms with van der Waals surface area (Å²) in [6.07, 6.45) is 0. The topological polar surface area (TPSA) is 70.0 Å². The van der Waals surface area contributed by atoms with Crippen LogP contribution in [0.2, 0.25) is 0 Å². The van der Waals surface area contributed by atoms with E-state index in [4.69, 9.17) is 5.21 Å². The third-order valence-electron chi connectivity index (χ3n) is 0.995. The van der Waals surface area contributed by atoms with Crippen molar-refractivity contribution in [2.24, 2.45) is 5.16 Å². The summed E-state index contributed by atoms with van der Waals surface area (Å²) in [7, 11) is -0.763. The molecule has 5 nitrogen and oxygen atoms in total. The van der Waals surface area contributed by atoms with Crippen LogP contribution in [0.4, 0.5) is 0 Å². The lowest BCUT2D eigenvalue weighted by molar-refractivity contribution is 0.319. The van der Waals surface area contributed by atoms with Crippen molar-refractivity contribution in [1.29, 1.82) is 0 Å². The molecule has 10 heavy (non-hydrogen) atoms. The van der Waals surface area contributed by atoms with E-state index in [0.717, 1.165) is 4.31 Å². The van der Waals surface area contributed by atoms with E-state index in [1.54, 1.807) is 0 Å². The van der Waals surface area contributed by atoms with Crippen LogP contribution in [-0.2, 0) is 10.0 Å². The van der Waals surface area contributed by atoms with Crippen molar-refractivity contribution in [3.63, 3.8) is 0 Å². The van der Waals surface area contributed by atoms with Gasteiger partial charge in [0.15, 0.2) is 5.04 Å². The molecule has 0 aromatic rings. The Morgan fingerprint density at radius 3 is 2.00 bits per heavy atom. The van der Waals surface area contributed by atoms with Crippen molar-refractivity contribution in [3.8, 4) is 0 Å². The van der Waals surface area contributed by atoms with Crippen LogP contribution in [0.3, 0.4) is 0 Å². The highest BCUT2D eigenvalue weighted by Crippen LogP contribution is 1.96. The predicted molar refractivity (Wildman–Crippen MR) is 37.5 cm³/mol. The smallest absolute Gasteiger partial charge is 0.259 e. The minimum absolute atomic E-state index is 0.308. The van der Waals surface area contributed by atoms with E-state index in [9.17, 15) is 8.42 Å². The lowest BCUT2D eigenvalue weighted by atomic mass is 10.9. The SMILES string of the molecule is C/C(=N\O)S(=O)(=O)N(C)C. The second kappa shape index (κ2) is 2.98. The first-order valence-electron chi connectivity index (χ1n) is 2.54. The molecule has 0 atom stereocenters. The molecule has 0 spiro atoms. The standard InChI is InChI=1S/C4H10N2O3S/c1-4(5-7)10(8,9)6(2)3/h7H,1-3H3/b5-4+. The van der Waals surface area contributed by atoms with Gasteiger partial charge in [-0.15, -0.1) is 0 Å². The number of rotatable bonds is 1. The Hall–Kier alpha value is -0.620. The molecule has 0 unspecified atom stereocenters. The van der Waals surface area contributed by atoms with Gasteiger partial charge in [0.2, 0.25) is 0 Å². The van der Waals surface area contributed by atoms with Gasteiger partial charge >= 0.3 is 0 Å². The predicted octanol–water partition coefficient (Wildman–Crippen LogP) is -0.315. The van der Waals surface area contributed by atoms with Gasteiger partial charge in [0.1, 0.15) is 0 Å². The monoisotopic (exact) mass is 166 g/mol. The number of oxime groups is 1. The Labute approximate surface area is 60.0 Å². The van der Waals surface area contributed by atoms with Crippen molar-refractivity contribution < 1.29 is 13.6 Å². The van der Waals surface area contributed by atoms with Crippen LogP contribution in [0, 0.1) is 0 Å². The Balaban J connectivity index is 4.78. The normalized spacial score (nSPS) is 14.2. The van der Waals surface area contributed by atoms with Crippen LogP contribution in [0.25, 0.3) is 0 Å². The first-order chi connectivity index (χ1) is 4.42. The van der Waals surface area contributed by atoms with Gasteiger partial charge in [0.25, 0.3) is 10.0 Å². The summed E-state index contributed by atoms with van der Waals surface area (Å²) < 4.78 is 22.8. The van der Waals surface area contributed by atoms with Gasteiger partial charge in [-0.1, -0.05) is 5.16 Å². The largest absolute Gasteiger partial charge is 0.410 e. The van der Waals surface area contributed by atoms with E-state index < -0.39 is 10.0 Å². The molecule has 6 heteroatoms. The van der Waals surface area contributed by atoms with Gasteiger partial charge < -0.3 is 5.21 Å². The summed E-state index contributed by atoms with van der Waals surface area (Å²) in [6.45, 7) is 1.22. The summed E-state index contributed by atoms with van der Waals surface area (Å²) in [5, 5.41) is 10.4. The van der Waals surface area contributed by atoms with Crippen LogP contribution in [0.15, 0.2) is 5.16 Å². The Bertz CT molecular complexity index is 229. The van der Waals surface area contributed by atoms with Crippen LogP contribution in [-0.4, -0.2) is 37.1 Å². The number of hydrogen-bond acceptors (Lipinski definition) is 4. The van der Waals surface area contributed by atoms with E-state index in [2.05, 4.69) is 5.16 Å². The summed E-state index contributed by atoms with van der Waals surface area (Å²) in [5.41, 5.74) is 0. The average Bonchev–Trinajstić information content (AvgIpc) is 1.86. The Kier molecular flexibility index (Phi) is 2.79. The fourth-order valence-corrected chi connectivity index (χ4v) is 0.947. The summed E-state index contributed by atoms with van der Waals surface area (Å²) in [6, 6.07) is 0. The van der Waals surface area contributed by atoms with Gasteiger partial charge in [-0.3, -0.25) is 0 Å². The van der Waals surface area contributed by atoms with Gasteiger partial charge in [-0.2, -0.15) is 0 Å². The molecule has 0 aliphatic heterocycles. The highest BCUT2D eigenvalue weighted by Gasteiger charge is 2.17.